The lowest BCUT2D eigenvalue weighted by molar-refractivity contribution is -0.121. The van der Waals surface area contributed by atoms with Gasteiger partial charge in [-0.1, -0.05) is 41.9 Å². The van der Waals surface area contributed by atoms with E-state index in [1.807, 2.05) is 36.4 Å². The van der Waals surface area contributed by atoms with Gasteiger partial charge in [0.15, 0.2) is 0 Å². The molecule has 0 aliphatic rings. The van der Waals surface area contributed by atoms with E-state index in [0.717, 1.165) is 10.9 Å². The number of nitrogens with one attached hydrogen (secondary N) is 1. The third kappa shape index (κ3) is 3.81. The van der Waals surface area contributed by atoms with Gasteiger partial charge >= 0.3 is 0 Å². The van der Waals surface area contributed by atoms with Crippen molar-refractivity contribution in [1.82, 2.24) is 15.1 Å². The van der Waals surface area contributed by atoms with Gasteiger partial charge in [0.05, 0.1) is 11.6 Å². The number of aromatic nitrogens is 2. The number of amides is 1. The molecule has 3 rings (SSSR count). The Morgan fingerprint density at radius 2 is 1.88 bits per heavy atom. The molecule has 0 atom stereocenters. The number of hydrogen-bond donors (Lipinski definition) is 1. The van der Waals surface area contributed by atoms with E-state index >= 15 is 0 Å². The highest BCUT2D eigenvalue weighted by atomic mass is 35.5. The summed E-state index contributed by atoms with van der Waals surface area (Å²) in [6.45, 7) is 0.396. The van der Waals surface area contributed by atoms with Crippen molar-refractivity contribution in [3.63, 3.8) is 0 Å². The molecule has 5 nitrogen and oxygen atoms in total. The normalized spacial score (nSPS) is 10.7. The van der Waals surface area contributed by atoms with Gasteiger partial charge in [0, 0.05) is 17.0 Å². The maximum atomic E-state index is 12.3. The summed E-state index contributed by atoms with van der Waals surface area (Å²) in [6.07, 6.45) is 2.29. The van der Waals surface area contributed by atoms with Crippen LogP contribution >= 0.6 is 11.6 Å². The molecule has 3 aromatic rings. The predicted octanol–water partition coefficient (Wildman–Crippen LogP) is 2.41. The Hall–Kier alpha value is -2.66. The van der Waals surface area contributed by atoms with Crippen LogP contribution in [0.15, 0.2) is 59.5 Å². The first kappa shape index (κ1) is 16.2. The minimum absolute atomic E-state index is 0.0930. The maximum absolute atomic E-state index is 12.3. The van der Waals surface area contributed by atoms with Crippen LogP contribution in [0.1, 0.15) is 5.56 Å². The number of fused-ring (bicyclic) bond motifs is 1. The number of hydrogen-bond acceptors (Lipinski definition) is 3. The summed E-state index contributed by atoms with van der Waals surface area (Å²) >= 11 is 5.83. The van der Waals surface area contributed by atoms with Gasteiger partial charge in [0.1, 0.15) is 6.54 Å². The first-order valence-electron chi connectivity index (χ1n) is 7.59. The maximum Gasteiger partial charge on any atom is 0.275 e. The minimum Gasteiger partial charge on any atom is -0.354 e. The molecule has 1 heterocycles. The van der Waals surface area contributed by atoms with Gasteiger partial charge in [0.25, 0.3) is 5.56 Å². The van der Waals surface area contributed by atoms with Gasteiger partial charge in [-0.05, 0) is 30.2 Å². The molecule has 6 heteroatoms. The summed E-state index contributed by atoms with van der Waals surface area (Å²) in [6, 6.07) is 14.7. The quantitative estimate of drug-likeness (QED) is 0.775. The molecule has 1 N–H and O–H groups in total. The summed E-state index contributed by atoms with van der Waals surface area (Å²) in [5.74, 6) is -0.242. The monoisotopic (exact) mass is 341 g/mol. The van der Waals surface area contributed by atoms with Crippen LogP contribution in [0.2, 0.25) is 5.02 Å². The summed E-state index contributed by atoms with van der Waals surface area (Å²) in [5.41, 5.74) is 0.821. The highest BCUT2D eigenvalue weighted by Gasteiger charge is 2.08. The van der Waals surface area contributed by atoms with E-state index in [1.54, 1.807) is 18.3 Å². The van der Waals surface area contributed by atoms with Crippen molar-refractivity contribution >= 4 is 28.3 Å². The van der Waals surface area contributed by atoms with E-state index in [0.29, 0.717) is 23.4 Å². The second kappa shape index (κ2) is 7.27. The van der Waals surface area contributed by atoms with E-state index in [9.17, 15) is 9.59 Å². The van der Waals surface area contributed by atoms with Crippen molar-refractivity contribution in [2.45, 2.75) is 13.0 Å². The molecule has 2 aromatic carbocycles. The zero-order chi connectivity index (χ0) is 16.9. The Kier molecular flexibility index (Phi) is 4.91. The summed E-state index contributed by atoms with van der Waals surface area (Å²) in [7, 11) is 0. The number of rotatable bonds is 5. The molecule has 24 heavy (non-hydrogen) atoms. The molecule has 0 unspecified atom stereocenters. The molecule has 122 valence electrons. The Labute approximate surface area is 143 Å². The molecule has 0 saturated heterocycles. The molecular weight excluding hydrogens is 326 g/mol. The molecule has 0 bridgehead atoms. The molecule has 0 fully saturated rings. The lowest BCUT2D eigenvalue weighted by Gasteiger charge is -2.07. The van der Waals surface area contributed by atoms with Crippen LogP contribution in [0.5, 0.6) is 0 Å². The highest BCUT2D eigenvalue weighted by molar-refractivity contribution is 6.30. The second-order valence-corrected chi connectivity index (χ2v) is 5.86. The number of carbonyl (C=O) groups is 1. The highest BCUT2D eigenvalue weighted by Crippen LogP contribution is 2.09. The van der Waals surface area contributed by atoms with Crippen LogP contribution in [-0.2, 0) is 17.8 Å². The van der Waals surface area contributed by atoms with Crippen molar-refractivity contribution in [3.8, 4) is 0 Å². The molecular formula is C18H16ClN3O2. The van der Waals surface area contributed by atoms with E-state index in [1.165, 1.54) is 4.68 Å². The van der Waals surface area contributed by atoms with E-state index < -0.39 is 0 Å². The largest absolute Gasteiger partial charge is 0.354 e. The van der Waals surface area contributed by atoms with Gasteiger partial charge < -0.3 is 5.32 Å². The lowest BCUT2D eigenvalue weighted by Crippen LogP contribution is -2.34. The summed E-state index contributed by atoms with van der Waals surface area (Å²) in [4.78, 5) is 24.3. The van der Waals surface area contributed by atoms with Crippen LogP contribution in [0.25, 0.3) is 10.8 Å². The van der Waals surface area contributed by atoms with Gasteiger partial charge in [-0.25, -0.2) is 4.68 Å². The van der Waals surface area contributed by atoms with E-state index in [4.69, 9.17) is 11.6 Å². The standard InChI is InChI=1S/C18H16ClN3O2/c19-15-7-5-13(6-8-15)9-10-20-17(23)12-22-18(24)16-4-2-1-3-14(16)11-21-22/h1-8,11H,9-10,12H2,(H,20,23). The van der Waals surface area contributed by atoms with Crippen LogP contribution in [-0.4, -0.2) is 22.2 Å². The molecule has 0 spiro atoms. The third-order valence-electron chi connectivity index (χ3n) is 3.70. The van der Waals surface area contributed by atoms with Gasteiger partial charge in [-0.3, -0.25) is 9.59 Å². The molecule has 1 amide bonds. The molecule has 0 radical (unpaired) electrons. The number of nitrogens with zero attached hydrogens (tertiary/aromatic N) is 2. The Morgan fingerprint density at radius 3 is 2.67 bits per heavy atom. The first-order chi connectivity index (χ1) is 11.6. The minimum atomic E-state index is -0.263. The van der Waals surface area contributed by atoms with Crippen LogP contribution < -0.4 is 10.9 Å². The zero-order valence-corrected chi connectivity index (χ0v) is 13.7. The zero-order valence-electron chi connectivity index (χ0n) is 12.9. The topological polar surface area (TPSA) is 64.0 Å². The van der Waals surface area contributed by atoms with Gasteiger partial charge in [0.2, 0.25) is 5.91 Å². The SMILES string of the molecule is O=C(Cn1ncc2ccccc2c1=O)NCCc1ccc(Cl)cc1. The van der Waals surface area contributed by atoms with Crippen molar-refractivity contribution < 1.29 is 4.79 Å². The first-order valence-corrected chi connectivity index (χ1v) is 7.97. The molecule has 1 aromatic heterocycles. The molecule has 0 aliphatic heterocycles. The summed E-state index contributed by atoms with van der Waals surface area (Å²) in [5, 5.41) is 8.86. The number of carbonyl (C=O) groups excluding carboxylic acids is 1. The van der Waals surface area contributed by atoms with Gasteiger partial charge in [-0.2, -0.15) is 5.10 Å². The predicted molar refractivity (Wildman–Crippen MR) is 94.2 cm³/mol. The van der Waals surface area contributed by atoms with Crippen molar-refractivity contribution in [1.29, 1.82) is 0 Å². The van der Waals surface area contributed by atoms with E-state index in [2.05, 4.69) is 10.4 Å². The van der Waals surface area contributed by atoms with Crippen LogP contribution in [0, 0.1) is 0 Å². The Bertz CT molecular complexity index is 919. The van der Waals surface area contributed by atoms with Crippen LogP contribution in [0.4, 0.5) is 0 Å². The smallest absolute Gasteiger partial charge is 0.275 e. The van der Waals surface area contributed by atoms with Gasteiger partial charge in [-0.15, -0.1) is 0 Å². The summed E-state index contributed by atoms with van der Waals surface area (Å²) < 4.78 is 1.18. The van der Waals surface area contributed by atoms with Crippen molar-refractivity contribution in [3.05, 3.63) is 75.7 Å². The van der Waals surface area contributed by atoms with Crippen molar-refractivity contribution in [2.75, 3.05) is 6.54 Å². The fraction of sp³-hybridized carbons (Fsp3) is 0.167. The third-order valence-corrected chi connectivity index (χ3v) is 3.96. The molecule has 0 aliphatic carbocycles. The number of benzene rings is 2. The fourth-order valence-electron chi connectivity index (χ4n) is 2.43. The average Bonchev–Trinajstić information content (AvgIpc) is 2.59. The second-order valence-electron chi connectivity index (χ2n) is 5.42. The average molecular weight is 342 g/mol. The lowest BCUT2D eigenvalue weighted by atomic mass is 10.1. The van der Waals surface area contributed by atoms with Crippen molar-refractivity contribution in [2.24, 2.45) is 0 Å². The number of halogens is 1. The Balaban J connectivity index is 1.60. The van der Waals surface area contributed by atoms with Crippen LogP contribution in [0.3, 0.4) is 0 Å². The Morgan fingerprint density at radius 1 is 1.12 bits per heavy atom. The molecule has 0 saturated carbocycles. The fourth-order valence-corrected chi connectivity index (χ4v) is 2.56. The van der Waals surface area contributed by atoms with E-state index in [-0.39, 0.29) is 18.0 Å².